The number of carbonyl (C=O) groups is 1. The molecule has 8 atom stereocenters. The summed E-state index contributed by atoms with van der Waals surface area (Å²) in [6, 6.07) is 1.97. The summed E-state index contributed by atoms with van der Waals surface area (Å²) in [4.78, 5) is 18.6. The number of nitriles is 1. The molecule has 0 aromatic heterocycles. The van der Waals surface area contributed by atoms with Gasteiger partial charge >= 0.3 is 0 Å². The van der Waals surface area contributed by atoms with E-state index in [0.29, 0.717) is 24.1 Å². The Hall–Kier alpha value is -2.03. The Morgan fingerprint density at radius 3 is 2.72 bits per heavy atom. The summed E-state index contributed by atoms with van der Waals surface area (Å²) >= 11 is 0. The van der Waals surface area contributed by atoms with Gasteiger partial charge in [-0.15, -0.1) is 0 Å². The zero-order valence-electron chi connectivity index (χ0n) is 22.2. The molecule has 36 heavy (non-hydrogen) atoms. The molecule has 0 aliphatic carbocycles. The molecule has 9 nitrogen and oxygen atoms in total. The number of quaternary nitrogens is 1. The lowest BCUT2D eigenvalue weighted by atomic mass is 9.85. The van der Waals surface area contributed by atoms with E-state index in [1.54, 1.807) is 6.20 Å². The summed E-state index contributed by atoms with van der Waals surface area (Å²) in [7, 11) is 4.12. The number of likely N-dealkylation sites (N-methyl/N-ethyl adjacent to an activating group) is 1. The molecule has 3 saturated heterocycles. The number of piperidine rings is 1. The van der Waals surface area contributed by atoms with Gasteiger partial charge in [-0.25, -0.2) is 4.39 Å². The minimum absolute atomic E-state index is 0.0565. The van der Waals surface area contributed by atoms with E-state index in [-0.39, 0.29) is 48.1 Å². The molecule has 200 valence electrons. The van der Waals surface area contributed by atoms with Crippen LogP contribution in [0, 0.1) is 29.1 Å². The fraction of sp³-hybridized carbons (Fsp3) is 0.769. The third-order valence-electron chi connectivity index (χ3n) is 8.98. The first-order chi connectivity index (χ1) is 17.2. The lowest BCUT2D eigenvalue weighted by Crippen LogP contribution is -2.69. The number of hydrogen-bond acceptors (Lipinski definition) is 7. The van der Waals surface area contributed by atoms with Crippen molar-refractivity contribution in [1.82, 2.24) is 25.8 Å². The molecule has 4 rings (SSSR count). The second-order valence-corrected chi connectivity index (χ2v) is 11.3. The molecule has 0 aromatic rings. The Morgan fingerprint density at radius 1 is 1.33 bits per heavy atom. The fourth-order valence-electron chi connectivity index (χ4n) is 6.60. The van der Waals surface area contributed by atoms with Crippen LogP contribution in [0.1, 0.15) is 26.7 Å². The predicted octanol–water partition coefficient (Wildman–Crippen LogP) is 0.294. The molecular weight excluding hydrogens is 459 g/mol. The number of halogens is 1. The molecular formula is C26H44FN8O+. The molecule has 1 amide bonds. The maximum atomic E-state index is 14.8. The van der Waals surface area contributed by atoms with Crippen molar-refractivity contribution in [2.75, 3.05) is 59.9 Å². The number of nitrogens with two attached hydrogens (primary N) is 1. The van der Waals surface area contributed by atoms with E-state index in [1.807, 2.05) is 20.0 Å². The van der Waals surface area contributed by atoms with Crippen molar-refractivity contribution >= 4 is 5.91 Å². The molecule has 0 spiro atoms. The van der Waals surface area contributed by atoms with Crippen LogP contribution < -0.4 is 21.7 Å². The molecule has 5 N–H and O–H groups in total. The van der Waals surface area contributed by atoms with Gasteiger partial charge in [0.25, 0.3) is 0 Å². The van der Waals surface area contributed by atoms with E-state index in [4.69, 9.17) is 5.73 Å². The average molecular weight is 504 g/mol. The quantitative estimate of drug-likeness (QED) is 0.409. The van der Waals surface area contributed by atoms with E-state index < -0.39 is 12.1 Å². The lowest BCUT2D eigenvalue weighted by molar-refractivity contribution is -0.890. The predicted molar refractivity (Wildman–Crippen MR) is 138 cm³/mol. The standard InChI is InChI=1S/C26H43FN8O/c1-5-18-15-35(4)16-20(27)6-7-21(18)31-25(29)23(17(35)2)26(36)32-22-14-30-13-19(12-28)24(22)34-10-8-33(3)9-11-34/h7,16-19,22-25,30-31H,5-6,8-11,13-15,29H2,1-4H3/p+1. The Morgan fingerprint density at radius 2 is 2.06 bits per heavy atom. The zero-order valence-corrected chi connectivity index (χ0v) is 22.2. The second-order valence-electron chi connectivity index (χ2n) is 11.3. The van der Waals surface area contributed by atoms with Crippen molar-refractivity contribution in [2.45, 2.75) is 51.0 Å². The highest BCUT2D eigenvalue weighted by Gasteiger charge is 2.48. The number of fused-ring (bicyclic) bond motifs is 3. The summed E-state index contributed by atoms with van der Waals surface area (Å²) in [5, 5.41) is 20.0. The monoisotopic (exact) mass is 503 g/mol. The Kier molecular flexibility index (Phi) is 8.37. The van der Waals surface area contributed by atoms with Crippen molar-refractivity contribution in [3.05, 3.63) is 23.8 Å². The van der Waals surface area contributed by atoms with Gasteiger partial charge in [-0.1, -0.05) is 13.0 Å². The molecule has 0 aromatic carbocycles. The maximum Gasteiger partial charge on any atom is 0.232 e. The summed E-state index contributed by atoms with van der Waals surface area (Å²) in [5.41, 5.74) is 7.62. The van der Waals surface area contributed by atoms with Crippen molar-refractivity contribution in [3.8, 4) is 6.07 Å². The van der Waals surface area contributed by atoms with Gasteiger partial charge in [0.05, 0.1) is 37.8 Å². The van der Waals surface area contributed by atoms with Crippen molar-refractivity contribution < 1.29 is 13.7 Å². The van der Waals surface area contributed by atoms with Crippen molar-refractivity contribution in [1.29, 1.82) is 5.26 Å². The number of amides is 1. The van der Waals surface area contributed by atoms with Gasteiger partial charge in [0.1, 0.15) is 18.2 Å². The number of piperazine rings is 1. The molecule has 4 aliphatic heterocycles. The normalized spacial score (nSPS) is 40.4. The number of hydrogen-bond donors (Lipinski definition) is 4. The summed E-state index contributed by atoms with van der Waals surface area (Å²) in [6.07, 6.45) is 4.12. The van der Waals surface area contributed by atoms with Crippen LogP contribution in [0.3, 0.4) is 0 Å². The van der Waals surface area contributed by atoms with E-state index in [1.165, 1.54) is 0 Å². The van der Waals surface area contributed by atoms with Crippen LogP contribution in [-0.2, 0) is 4.79 Å². The van der Waals surface area contributed by atoms with Gasteiger partial charge in [0.15, 0.2) is 5.83 Å². The van der Waals surface area contributed by atoms with Crippen LogP contribution in [0.5, 0.6) is 0 Å². The molecule has 0 radical (unpaired) electrons. The first-order valence-corrected chi connectivity index (χ1v) is 13.4. The number of carbonyl (C=O) groups excluding carboxylic acids is 1. The Labute approximate surface area is 215 Å². The molecule has 0 saturated carbocycles. The van der Waals surface area contributed by atoms with Gasteiger partial charge in [0.2, 0.25) is 5.91 Å². The van der Waals surface area contributed by atoms with Crippen molar-refractivity contribution in [2.24, 2.45) is 23.5 Å². The van der Waals surface area contributed by atoms with Gasteiger partial charge in [-0.2, -0.15) is 5.26 Å². The molecule has 10 heteroatoms. The molecule has 2 bridgehead atoms. The van der Waals surface area contributed by atoms with Gasteiger partial charge in [0, 0.05) is 63.3 Å². The van der Waals surface area contributed by atoms with Crippen molar-refractivity contribution in [3.63, 3.8) is 0 Å². The largest absolute Gasteiger partial charge is 0.372 e. The number of nitrogens with one attached hydrogen (secondary N) is 3. The van der Waals surface area contributed by atoms with Crippen LogP contribution in [0.4, 0.5) is 4.39 Å². The van der Waals surface area contributed by atoms with Gasteiger partial charge in [-0.05, 0) is 20.4 Å². The number of nitrogens with zero attached hydrogens (tertiary/aromatic N) is 4. The minimum atomic E-state index is -0.599. The number of allylic oxidation sites excluding steroid dienone is 2. The van der Waals surface area contributed by atoms with Crippen LogP contribution in [0.25, 0.3) is 0 Å². The third-order valence-corrected chi connectivity index (χ3v) is 8.98. The summed E-state index contributed by atoms with van der Waals surface area (Å²) in [5.74, 6) is -0.889. The van der Waals surface area contributed by atoms with Crippen LogP contribution in [-0.4, -0.2) is 104 Å². The van der Waals surface area contributed by atoms with E-state index in [9.17, 15) is 14.4 Å². The smallest absolute Gasteiger partial charge is 0.232 e. The first-order valence-electron chi connectivity index (χ1n) is 13.4. The Bertz CT molecular complexity index is 910. The van der Waals surface area contributed by atoms with Crippen LogP contribution in [0.15, 0.2) is 23.8 Å². The van der Waals surface area contributed by atoms with E-state index >= 15 is 0 Å². The Balaban J connectivity index is 1.60. The topological polar surface area (TPSA) is 109 Å². The van der Waals surface area contributed by atoms with E-state index in [0.717, 1.165) is 38.3 Å². The fourth-order valence-corrected chi connectivity index (χ4v) is 6.60. The minimum Gasteiger partial charge on any atom is -0.372 e. The molecule has 4 aliphatic rings. The third kappa shape index (κ3) is 5.46. The highest BCUT2D eigenvalue weighted by atomic mass is 19.1. The zero-order chi connectivity index (χ0) is 26.0. The highest BCUT2D eigenvalue weighted by Crippen LogP contribution is 2.33. The van der Waals surface area contributed by atoms with Gasteiger partial charge in [-0.3, -0.25) is 14.2 Å². The molecule has 3 fully saturated rings. The molecule has 4 heterocycles. The average Bonchev–Trinajstić information content (AvgIpc) is 2.84. The highest BCUT2D eigenvalue weighted by molar-refractivity contribution is 5.80. The number of rotatable bonds is 4. The van der Waals surface area contributed by atoms with Gasteiger partial charge < -0.3 is 26.6 Å². The lowest BCUT2D eigenvalue weighted by Gasteiger charge is -2.48. The van der Waals surface area contributed by atoms with Crippen LogP contribution in [0.2, 0.25) is 0 Å². The maximum absolute atomic E-state index is 14.8. The second kappa shape index (κ2) is 11.2. The van der Waals surface area contributed by atoms with E-state index in [2.05, 4.69) is 45.8 Å². The van der Waals surface area contributed by atoms with Crippen LogP contribution >= 0.6 is 0 Å². The summed E-state index contributed by atoms with van der Waals surface area (Å²) < 4.78 is 15.1. The molecule has 8 unspecified atom stereocenters. The SMILES string of the molecule is CCC1C[N+]2(C)C=C(F)CC=C1NC(N)C(C(=O)NC1CNCC(C#N)C1N1CCN(C)CC1)C2C. The summed E-state index contributed by atoms with van der Waals surface area (Å²) in [6.45, 7) is 9.70. The first kappa shape index (κ1) is 27.0.